The Labute approximate surface area is 114 Å². The van der Waals surface area contributed by atoms with Gasteiger partial charge in [0.2, 0.25) is 0 Å². The summed E-state index contributed by atoms with van der Waals surface area (Å²) >= 11 is 7.59. The molecule has 2 N–H and O–H groups in total. The lowest BCUT2D eigenvalue weighted by atomic mass is 9.92. The van der Waals surface area contributed by atoms with E-state index in [1.165, 1.54) is 5.56 Å². The fourth-order valence-electron chi connectivity index (χ4n) is 1.89. The Morgan fingerprint density at radius 1 is 1.53 bits per heavy atom. The van der Waals surface area contributed by atoms with E-state index in [9.17, 15) is 0 Å². The van der Waals surface area contributed by atoms with E-state index >= 15 is 0 Å². The van der Waals surface area contributed by atoms with Crippen molar-refractivity contribution in [3.8, 4) is 0 Å². The molecule has 0 amide bonds. The molecule has 4 heteroatoms. The van der Waals surface area contributed by atoms with Crippen molar-refractivity contribution in [2.75, 3.05) is 19.6 Å². The maximum Gasteiger partial charge on any atom is 0.0931 e. The van der Waals surface area contributed by atoms with Gasteiger partial charge < -0.3 is 5.73 Å². The second kappa shape index (κ2) is 6.19. The van der Waals surface area contributed by atoms with Crippen molar-refractivity contribution in [3.05, 3.63) is 21.3 Å². The number of nitrogens with two attached hydrogens (primary N) is 1. The van der Waals surface area contributed by atoms with Crippen LogP contribution < -0.4 is 5.73 Å². The van der Waals surface area contributed by atoms with E-state index in [2.05, 4.69) is 44.0 Å². The first-order valence-electron chi connectivity index (χ1n) is 6.07. The highest BCUT2D eigenvalue weighted by atomic mass is 35.5. The Morgan fingerprint density at radius 3 is 2.59 bits per heavy atom. The van der Waals surface area contributed by atoms with Crippen molar-refractivity contribution >= 4 is 22.9 Å². The summed E-state index contributed by atoms with van der Waals surface area (Å²) in [6.07, 6.45) is 0. The zero-order valence-electron chi connectivity index (χ0n) is 11.2. The summed E-state index contributed by atoms with van der Waals surface area (Å²) in [6, 6.07) is 2.46. The molecule has 1 unspecified atom stereocenters. The Bertz CT molecular complexity index is 349. The minimum Gasteiger partial charge on any atom is -0.330 e. The smallest absolute Gasteiger partial charge is 0.0931 e. The van der Waals surface area contributed by atoms with E-state index in [0.29, 0.717) is 12.6 Å². The molecule has 98 valence electrons. The molecule has 1 atom stereocenters. The van der Waals surface area contributed by atoms with Gasteiger partial charge in [-0.2, -0.15) is 0 Å². The van der Waals surface area contributed by atoms with Gasteiger partial charge in [-0.05, 0) is 42.4 Å². The molecule has 0 radical (unpaired) electrons. The summed E-state index contributed by atoms with van der Waals surface area (Å²) in [5.74, 6) is 0. The molecule has 1 aromatic rings. The maximum atomic E-state index is 5.99. The Hall–Kier alpha value is -0.0900. The average molecular weight is 275 g/mol. The third-order valence-electron chi connectivity index (χ3n) is 3.21. The van der Waals surface area contributed by atoms with Crippen LogP contribution in [-0.4, -0.2) is 24.5 Å². The lowest BCUT2D eigenvalue weighted by Gasteiger charge is -2.35. The molecule has 0 aromatic carbocycles. The van der Waals surface area contributed by atoms with Gasteiger partial charge >= 0.3 is 0 Å². The molecule has 1 aromatic heterocycles. The summed E-state index contributed by atoms with van der Waals surface area (Å²) in [5, 5.41) is 2.14. The van der Waals surface area contributed by atoms with Crippen molar-refractivity contribution < 1.29 is 0 Å². The monoisotopic (exact) mass is 274 g/mol. The molecule has 0 fully saturated rings. The summed E-state index contributed by atoms with van der Waals surface area (Å²) in [5.41, 5.74) is 7.26. The average Bonchev–Trinajstić information content (AvgIpc) is 2.72. The minimum atomic E-state index is 0.157. The van der Waals surface area contributed by atoms with E-state index in [0.717, 1.165) is 17.4 Å². The SMILES string of the molecule is CCN(CC(C)(C)CN)C(C)c1csc(Cl)c1. The molecule has 0 aliphatic heterocycles. The Balaban J connectivity index is 2.74. The molecule has 1 heterocycles. The topological polar surface area (TPSA) is 29.3 Å². The molecule has 0 spiro atoms. The summed E-state index contributed by atoms with van der Waals surface area (Å²) in [7, 11) is 0. The summed E-state index contributed by atoms with van der Waals surface area (Å²) < 4.78 is 0.862. The zero-order chi connectivity index (χ0) is 13.1. The molecule has 0 saturated heterocycles. The van der Waals surface area contributed by atoms with Crippen molar-refractivity contribution in [2.24, 2.45) is 11.1 Å². The highest BCUT2D eigenvalue weighted by Crippen LogP contribution is 2.29. The largest absolute Gasteiger partial charge is 0.330 e. The minimum absolute atomic E-state index is 0.157. The molecule has 0 aliphatic carbocycles. The van der Waals surface area contributed by atoms with Gasteiger partial charge in [0, 0.05) is 12.6 Å². The van der Waals surface area contributed by atoms with Crippen LogP contribution in [0.15, 0.2) is 11.4 Å². The fourth-order valence-corrected chi connectivity index (χ4v) is 2.87. The van der Waals surface area contributed by atoms with Crippen LogP contribution in [0.1, 0.15) is 39.3 Å². The molecule has 0 saturated carbocycles. The first-order valence-corrected chi connectivity index (χ1v) is 7.33. The zero-order valence-corrected chi connectivity index (χ0v) is 12.7. The molecule has 0 aliphatic rings. The predicted molar refractivity (Wildman–Crippen MR) is 77.8 cm³/mol. The maximum absolute atomic E-state index is 5.99. The first-order chi connectivity index (χ1) is 7.89. The molecular formula is C13H23ClN2S. The van der Waals surface area contributed by atoms with Gasteiger partial charge in [-0.1, -0.05) is 32.4 Å². The Kier molecular flexibility index (Phi) is 5.45. The number of rotatable bonds is 6. The van der Waals surface area contributed by atoms with Gasteiger partial charge in [0.05, 0.1) is 4.34 Å². The van der Waals surface area contributed by atoms with Gasteiger partial charge in [-0.25, -0.2) is 0 Å². The van der Waals surface area contributed by atoms with Crippen LogP contribution in [0, 0.1) is 5.41 Å². The van der Waals surface area contributed by atoms with Gasteiger partial charge in [-0.15, -0.1) is 11.3 Å². The normalized spacial score (nSPS) is 14.3. The third kappa shape index (κ3) is 4.25. The molecule has 17 heavy (non-hydrogen) atoms. The van der Waals surface area contributed by atoms with Crippen molar-refractivity contribution in [2.45, 2.75) is 33.7 Å². The van der Waals surface area contributed by atoms with E-state index in [1.54, 1.807) is 11.3 Å². The van der Waals surface area contributed by atoms with Crippen molar-refractivity contribution in [1.29, 1.82) is 0 Å². The van der Waals surface area contributed by atoms with E-state index in [-0.39, 0.29) is 5.41 Å². The summed E-state index contributed by atoms with van der Waals surface area (Å²) in [4.78, 5) is 2.45. The number of nitrogens with zero attached hydrogens (tertiary/aromatic N) is 1. The van der Waals surface area contributed by atoms with Crippen LogP contribution in [0.5, 0.6) is 0 Å². The number of thiophene rings is 1. The first kappa shape index (κ1) is 15.0. The number of hydrogen-bond acceptors (Lipinski definition) is 3. The highest BCUT2D eigenvalue weighted by molar-refractivity contribution is 7.14. The van der Waals surface area contributed by atoms with E-state index in [1.807, 2.05) is 0 Å². The Morgan fingerprint density at radius 2 is 2.18 bits per heavy atom. The standard InChI is InChI=1S/C13H23ClN2S/c1-5-16(9-13(3,4)8-15)10(2)11-6-12(14)17-7-11/h6-7,10H,5,8-9,15H2,1-4H3. The second-order valence-electron chi connectivity index (χ2n) is 5.29. The van der Waals surface area contributed by atoms with Gasteiger partial charge in [0.25, 0.3) is 0 Å². The van der Waals surface area contributed by atoms with Crippen molar-refractivity contribution in [3.63, 3.8) is 0 Å². The van der Waals surface area contributed by atoms with Crippen LogP contribution >= 0.6 is 22.9 Å². The quantitative estimate of drug-likeness (QED) is 0.856. The van der Waals surface area contributed by atoms with E-state index < -0.39 is 0 Å². The van der Waals surface area contributed by atoms with Gasteiger partial charge in [-0.3, -0.25) is 4.90 Å². The predicted octanol–water partition coefficient (Wildman–Crippen LogP) is 3.77. The third-order valence-corrected chi connectivity index (χ3v) is 4.32. The van der Waals surface area contributed by atoms with Gasteiger partial charge in [0.1, 0.15) is 0 Å². The number of hydrogen-bond donors (Lipinski definition) is 1. The summed E-state index contributed by atoms with van der Waals surface area (Å²) in [6.45, 7) is 11.6. The van der Waals surface area contributed by atoms with Gasteiger partial charge in [0.15, 0.2) is 0 Å². The van der Waals surface area contributed by atoms with Crippen LogP contribution in [-0.2, 0) is 0 Å². The molecule has 0 bridgehead atoms. The van der Waals surface area contributed by atoms with Crippen LogP contribution in [0.2, 0.25) is 4.34 Å². The van der Waals surface area contributed by atoms with Crippen LogP contribution in [0.4, 0.5) is 0 Å². The lowest BCUT2D eigenvalue weighted by molar-refractivity contribution is 0.148. The highest BCUT2D eigenvalue weighted by Gasteiger charge is 2.23. The van der Waals surface area contributed by atoms with Crippen LogP contribution in [0.3, 0.4) is 0 Å². The lowest BCUT2D eigenvalue weighted by Crippen LogP contribution is -2.39. The van der Waals surface area contributed by atoms with Crippen molar-refractivity contribution in [1.82, 2.24) is 4.90 Å². The fraction of sp³-hybridized carbons (Fsp3) is 0.692. The van der Waals surface area contributed by atoms with Crippen LogP contribution in [0.25, 0.3) is 0 Å². The molecule has 1 rings (SSSR count). The van der Waals surface area contributed by atoms with E-state index in [4.69, 9.17) is 17.3 Å². The molecule has 2 nitrogen and oxygen atoms in total. The second-order valence-corrected chi connectivity index (χ2v) is 6.83. The molecular weight excluding hydrogens is 252 g/mol. The number of halogens is 1.